The van der Waals surface area contributed by atoms with E-state index in [9.17, 15) is 4.79 Å². The molecule has 0 bridgehead atoms. The van der Waals surface area contributed by atoms with E-state index in [-0.39, 0.29) is 5.91 Å². The molecule has 138 valence electrons. The predicted octanol–water partition coefficient (Wildman–Crippen LogP) is 4.30. The van der Waals surface area contributed by atoms with Crippen LogP contribution in [0.4, 0.5) is 5.69 Å². The molecule has 5 heteroatoms. The molecule has 3 rings (SSSR count). The van der Waals surface area contributed by atoms with Crippen LogP contribution in [0.3, 0.4) is 0 Å². The van der Waals surface area contributed by atoms with Gasteiger partial charge in [0.1, 0.15) is 19.0 Å². The van der Waals surface area contributed by atoms with Crippen LogP contribution in [0.15, 0.2) is 36.4 Å². The molecule has 1 amide bonds. The van der Waals surface area contributed by atoms with Crippen LogP contribution in [0, 0.1) is 6.92 Å². The van der Waals surface area contributed by atoms with E-state index >= 15 is 0 Å². The number of fused-ring (bicyclic) bond motifs is 1. The van der Waals surface area contributed by atoms with Gasteiger partial charge in [0.25, 0.3) is 5.91 Å². The first-order chi connectivity index (χ1) is 12.4. The Kier molecular flexibility index (Phi) is 5.35. The Morgan fingerprint density at radius 2 is 1.77 bits per heavy atom. The van der Waals surface area contributed by atoms with E-state index in [2.05, 4.69) is 32.2 Å². The molecule has 0 radical (unpaired) electrons. The van der Waals surface area contributed by atoms with Gasteiger partial charge in [0.2, 0.25) is 0 Å². The van der Waals surface area contributed by atoms with Gasteiger partial charge in [-0.2, -0.15) is 0 Å². The Balaban J connectivity index is 1.64. The highest BCUT2D eigenvalue weighted by Gasteiger charge is 2.18. The van der Waals surface area contributed by atoms with Crippen molar-refractivity contribution in [2.45, 2.75) is 39.7 Å². The zero-order valence-electron chi connectivity index (χ0n) is 15.7. The molecule has 1 aliphatic heterocycles. The van der Waals surface area contributed by atoms with Crippen molar-refractivity contribution in [3.05, 3.63) is 47.5 Å². The van der Waals surface area contributed by atoms with Crippen molar-refractivity contribution in [1.82, 2.24) is 0 Å². The van der Waals surface area contributed by atoms with Gasteiger partial charge in [-0.3, -0.25) is 4.79 Å². The van der Waals surface area contributed by atoms with Crippen LogP contribution in [-0.2, 0) is 4.79 Å². The van der Waals surface area contributed by atoms with Crippen molar-refractivity contribution >= 4 is 11.6 Å². The first kappa shape index (κ1) is 18.1. The molecule has 5 nitrogen and oxygen atoms in total. The molecule has 1 N–H and O–H groups in total. The summed E-state index contributed by atoms with van der Waals surface area (Å²) in [6, 6.07) is 11.3. The van der Waals surface area contributed by atoms with Crippen molar-refractivity contribution in [3.63, 3.8) is 0 Å². The van der Waals surface area contributed by atoms with Crippen molar-refractivity contribution in [1.29, 1.82) is 0 Å². The molecule has 0 spiro atoms. The molecule has 26 heavy (non-hydrogen) atoms. The number of nitrogens with one attached hydrogen (secondary N) is 1. The highest BCUT2D eigenvalue weighted by Crippen LogP contribution is 2.32. The van der Waals surface area contributed by atoms with E-state index in [1.54, 1.807) is 25.1 Å². The van der Waals surface area contributed by atoms with Gasteiger partial charge in [-0.1, -0.05) is 19.9 Å². The number of amides is 1. The van der Waals surface area contributed by atoms with Crippen LogP contribution in [0.1, 0.15) is 37.8 Å². The molecule has 2 aromatic carbocycles. The van der Waals surface area contributed by atoms with Crippen molar-refractivity contribution in [2.75, 3.05) is 18.5 Å². The summed E-state index contributed by atoms with van der Waals surface area (Å²) in [5.41, 5.74) is 3.10. The van der Waals surface area contributed by atoms with E-state index in [0.29, 0.717) is 42.1 Å². The minimum atomic E-state index is -0.618. The van der Waals surface area contributed by atoms with Gasteiger partial charge < -0.3 is 19.5 Å². The van der Waals surface area contributed by atoms with Crippen LogP contribution in [-0.4, -0.2) is 25.2 Å². The summed E-state index contributed by atoms with van der Waals surface area (Å²) in [6.45, 7) is 9.16. The normalized spacial score (nSPS) is 14.0. The monoisotopic (exact) mass is 355 g/mol. The third-order valence-corrected chi connectivity index (χ3v) is 4.36. The number of hydrogen-bond acceptors (Lipinski definition) is 4. The summed E-state index contributed by atoms with van der Waals surface area (Å²) >= 11 is 0. The highest BCUT2D eigenvalue weighted by molar-refractivity contribution is 5.94. The number of carbonyl (C=O) groups is 1. The lowest BCUT2D eigenvalue weighted by Gasteiger charge is -2.20. The fourth-order valence-electron chi connectivity index (χ4n) is 2.99. The molecular weight excluding hydrogens is 330 g/mol. The van der Waals surface area contributed by atoms with Gasteiger partial charge in [-0.05, 0) is 55.2 Å². The second-order valence-electron chi connectivity index (χ2n) is 6.78. The van der Waals surface area contributed by atoms with E-state index < -0.39 is 6.10 Å². The number of rotatable bonds is 5. The lowest BCUT2D eigenvalue weighted by atomic mass is 9.98. The highest BCUT2D eigenvalue weighted by atomic mass is 16.6. The van der Waals surface area contributed by atoms with E-state index in [4.69, 9.17) is 14.2 Å². The van der Waals surface area contributed by atoms with Gasteiger partial charge in [0, 0.05) is 11.8 Å². The molecule has 1 unspecified atom stereocenters. The third kappa shape index (κ3) is 4.10. The minimum absolute atomic E-state index is 0.215. The third-order valence-electron chi connectivity index (χ3n) is 4.36. The zero-order chi connectivity index (χ0) is 18.7. The summed E-state index contributed by atoms with van der Waals surface area (Å²) in [6.07, 6.45) is -0.618. The number of ether oxygens (including phenoxy) is 3. The molecule has 0 saturated carbocycles. The smallest absolute Gasteiger partial charge is 0.265 e. The van der Waals surface area contributed by atoms with Crippen LogP contribution < -0.4 is 19.5 Å². The zero-order valence-corrected chi connectivity index (χ0v) is 15.7. The molecular formula is C21H25NO4. The van der Waals surface area contributed by atoms with Gasteiger partial charge >= 0.3 is 0 Å². The average Bonchev–Trinajstić information content (AvgIpc) is 2.61. The maximum atomic E-state index is 12.4. The maximum Gasteiger partial charge on any atom is 0.265 e. The summed E-state index contributed by atoms with van der Waals surface area (Å²) in [5, 5.41) is 2.86. The Bertz CT molecular complexity index is 801. The summed E-state index contributed by atoms with van der Waals surface area (Å²) in [7, 11) is 0. The molecule has 0 fully saturated rings. The number of carbonyl (C=O) groups excluding carboxylic acids is 1. The van der Waals surface area contributed by atoms with E-state index in [0.717, 1.165) is 5.56 Å². The Labute approximate surface area is 154 Å². The van der Waals surface area contributed by atoms with Crippen LogP contribution in [0.25, 0.3) is 0 Å². The second-order valence-corrected chi connectivity index (χ2v) is 6.78. The van der Waals surface area contributed by atoms with Gasteiger partial charge in [0.15, 0.2) is 17.6 Å². The van der Waals surface area contributed by atoms with Crippen molar-refractivity contribution in [3.8, 4) is 17.2 Å². The van der Waals surface area contributed by atoms with Crippen molar-refractivity contribution in [2.24, 2.45) is 0 Å². The van der Waals surface area contributed by atoms with Crippen LogP contribution in [0.5, 0.6) is 17.2 Å². The number of benzene rings is 2. The maximum absolute atomic E-state index is 12.4. The SMILES string of the molecule is Cc1cc(OC(C)C(=O)Nc2ccc3c(c2)OCCO3)ccc1C(C)C. The number of hydrogen-bond donors (Lipinski definition) is 1. The summed E-state index contributed by atoms with van der Waals surface area (Å²) in [4.78, 5) is 12.4. The molecule has 0 aliphatic carbocycles. The van der Waals surface area contributed by atoms with Crippen LogP contribution >= 0.6 is 0 Å². The topological polar surface area (TPSA) is 56.8 Å². The lowest BCUT2D eigenvalue weighted by Crippen LogP contribution is -2.30. The molecule has 0 saturated heterocycles. The molecule has 1 atom stereocenters. The van der Waals surface area contributed by atoms with Gasteiger partial charge in [-0.15, -0.1) is 0 Å². The largest absolute Gasteiger partial charge is 0.486 e. The molecule has 0 aromatic heterocycles. The fraction of sp³-hybridized carbons (Fsp3) is 0.381. The number of anilines is 1. The van der Waals surface area contributed by atoms with Gasteiger partial charge in [-0.25, -0.2) is 0 Å². The molecule has 2 aromatic rings. The predicted molar refractivity (Wildman–Crippen MR) is 101 cm³/mol. The van der Waals surface area contributed by atoms with E-state index in [1.807, 2.05) is 12.1 Å². The Morgan fingerprint density at radius 3 is 2.46 bits per heavy atom. The Morgan fingerprint density at radius 1 is 1.04 bits per heavy atom. The van der Waals surface area contributed by atoms with Crippen molar-refractivity contribution < 1.29 is 19.0 Å². The Hall–Kier alpha value is -2.69. The lowest BCUT2D eigenvalue weighted by molar-refractivity contribution is -0.122. The summed E-state index contributed by atoms with van der Waals surface area (Å²) in [5.74, 6) is 2.27. The fourth-order valence-corrected chi connectivity index (χ4v) is 2.99. The minimum Gasteiger partial charge on any atom is -0.486 e. The van der Waals surface area contributed by atoms with Gasteiger partial charge in [0.05, 0.1) is 0 Å². The second kappa shape index (κ2) is 7.68. The van der Waals surface area contributed by atoms with Crippen LogP contribution in [0.2, 0.25) is 0 Å². The molecule has 1 aliphatic rings. The average molecular weight is 355 g/mol. The summed E-state index contributed by atoms with van der Waals surface area (Å²) < 4.78 is 16.8. The first-order valence-electron chi connectivity index (χ1n) is 8.92. The van der Waals surface area contributed by atoms with E-state index in [1.165, 1.54) is 5.56 Å². The molecule has 1 heterocycles. The quantitative estimate of drug-likeness (QED) is 0.869. The standard InChI is InChI=1S/C21H25NO4/c1-13(2)18-7-6-17(11-14(18)3)26-15(4)21(23)22-16-5-8-19-20(12-16)25-10-9-24-19/h5-8,11-13,15H,9-10H2,1-4H3,(H,22,23). The number of aryl methyl sites for hydroxylation is 1. The first-order valence-corrected chi connectivity index (χ1v) is 8.92.